The van der Waals surface area contributed by atoms with Gasteiger partial charge in [-0.05, 0) is 26.7 Å². The van der Waals surface area contributed by atoms with Gasteiger partial charge in [0.2, 0.25) is 0 Å². The Bertz CT molecular complexity index is 299. The van der Waals surface area contributed by atoms with Crippen LogP contribution < -0.4 is 5.32 Å². The number of carbonyl (C=O) groups is 2. The molecule has 0 bridgehead atoms. The van der Waals surface area contributed by atoms with Crippen LogP contribution in [0, 0.1) is 0 Å². The van der Waals surface area contributed by atoms with E-state index in [1.807, 2.05) is 13.8 Å². The van der Waals surface area contributed by atoms with Crippen LogP contribution in [-0.2, 0) is 9.53 Å². The van der Waals surface area contributed by atoms with Gasteiger partial charge in [-0.3, -0.25) is 4.79 Å². The van der Waals surface area contributed by atoms with E-state index < -0.39 is 0 Å². The van der Waals surface area contributed by atoms with Gasteiger partial charge in [-0.15, -0.1) is 0 Å². The average molecular weight is 270 g/mol. The van der Waals surface area contributed by atoms with E-state index >= 15 is 0 Å². The van der Waals surface area contributed by atoms with Gasteiger partial charge >= 0.3 is 12.0 Å². The first-order valence-corrected chi connectivity index (χ1v) is 7.18. The number of esters is 1. The lowest BCUT2D eigenvalue weighted by Gasteiger charge is -2.30. The van der Waals surface area contributed by atoms with Crippen LogP contribution in [0.1, 0.15) is 52.4 Å². The van der Waals surface area contributed by atoms with Crippen molar-refractivity contribution in [3.63, 3.8) is 0 Å². The number of carbonyl (C=O) groups excluding carboxylic acids is 2. The van der Waals surface area contributed by atoms with Gasteiger partial charge in [-0.2, -0.15) is 0 Å². The van der Waals surface area contributed by atoms with Crippen LogP contribution in [0.2, 0.25) is 0 Å². The standard InChI is InChI=1S/C14H26N2O3/c1-11(2)16(10-9-13(17)19-3)14(18)15-12-7-5-4-6-8-12/h11-12H,4-10H2,1-3H3,(H,15,18). The molecule has 110 valence electrons. The van der Waals surface area contributed by atoms with Crippen molar-refractivity contribution in [2.75, 3.05) is 13.7 Å². The number of nitrogens with zero attached hydrogens (tertiary/aromatic N) is 1. The minimum absolute atomic E-state index is 0.0641. The predicted octanol–water partition coefficient (Wildman–Crippen LogP) is 2.30. The molecule has 2 amide bonds. The Morgan fingerprint density at radius 3 is 2.42 bits per heavy atom. The van der Waals surface area contributed by atoms with Gasteiger partial charge in [-0.25, -0.2) is 4.79 Å². The number of ether oxygens (including phenoxy) is 1. The fourth-order valence-electron chi connectivity index (χ4n) is 2.41. The number of hydrogen-bond donors (Lipinski definition) is 1. The number of amides is 2. The molecule has 5 heteroatoms. The topological polar surface area (TPSA) is 58.6 Å². The molecule has 0 radical (unpaired) electrons. The van der Waals surface area contributed by atoms with E-state index in [4.69, 9.17) is 0 Å². The highest BCUT2D eigenvalue weighted by Gasteiger charge is 2.22. The lowest BCUT2D eigenvalue weighted by molar-refractivity contribution is -0.140. The van der Waals surface area contributed by atoms with Crippen molar-refractivity contribution in [2.24, 2.45) is 0 Å². The largest absolute Gasteiger partial charge is 0.469 e. The molecule has 0 saturated heterocycles. The summed E-state index contributed by atoms with van der Waals surface area (Å²) in [6.45, 7) is 4.32. The van der Waals surface area contributed by atoms with Crippen molar-refractivity contribution in [2.45, 2.75) is 64.5 Å². The molecule has 1 aliphatic carbocycles. The molecule has 0 aromatic carbocycles. The summed E-state index contributed by atoms with van der Waals surface area (Å²) in [4.78, 5) is 25.1. The minimum Gasteiger partial charge on any atom is -0.469 e. The molecule has 19 heavy (non-hydrogen) atoms. The molecular weight excluding hydrogens is 244 g/mol. The Balaban J connectivity index is 2.45. The molecule has 0 heterocycles. The molecule has 0 aromatic rings. The van der Waals surface area contributed by atoms with Crippen LogP contribution in [-0.4, -0.2) is 42.6 Å². The lowest BCUT2D eigenvalue weighted by atomic mass is 9.96. The summed E-state index contributed by atoms with van der Waals surface area (Å²) < 4.78 is 4.61. The molecule has 1 rings (SSSR count). The maximum atomic E-state index is 12.2. The second-order valence-electron chi connectivity index (χ2n) is 5.40. The number of methoxy groups -OCH3 is 1. The van der Waals surface area contributed by atoms with E-state index in [9.17, 15) is 9.59 Å². The Morgan fingerprint density at radius 2 is 1.89 bits per heavy atom. The summed E-state index contributed by atoms with van der Waals surface area (Å²) in [6, 6.07) is 0.305. The highest BCUT2D eigenvalue weighted by Crippen LogP contribution is 2.17. The molecule has 0 unspecified atom stereocenters. The molecule has 0 aromatic heterocycles. The number of nitrogens with one attached hydrogen (secondary N) is 1. The molecule has 1 N–H and O–H groups in total. The van der Waals surface area contributed by atoms with Crippen molar-refractivity contribution in [3.05, 3.63) is 0 Å². The first kappa shape index (κ1) is 15.8. The highest BCUT2D eigenvalue weighted by molar-refractivity contribution is 5.76. The fourth-order valence-corrected chi connectivity index (χ4v) is 2.41. The SMILES string of the molecule is COC(=O)CCN(C(=O)NC1CCCCC1)C(C)C. The van der Waals surface area contributed by atoms with E-state index in [1.54, 1.807) is 4.90 Å². The first-order valence-electron chi connectivity index (χ1n) is 7.18. The van der Waals surface area contributed by atoms with Gasteiger partial charge in [0.1, 0.15) is 0 Å². The predicted molar refractivity (Wildman–Crippen MR) is 73.9 cm³/mol. The fraction of sp³-hybridized carbons (Fsp3) is 0.857. The van der Waals surface area contributed by atoms with E-state index in [2.05, 4.69) is 10.1 Å². The average Bonchev–Trinajstić information content (AvgIpc) is 2.39. The van der Waals surface area contributed by atoms with Crippen LogP contribution in [0.3, 0.4) is 0 Å². The zero-order valence-electron chi connectivity index (χ0n) is 12.3. The summed E-state index contributed by atoms with van der Waals surface area (Å²) in [5, 5.41) is 3.08. The summed E-state index contributed by atoms with van der Waals surface area (Å²) in [6.07, 6.45) is 6.02. The summed E-state index contributed by atoms with van der Waals surface area (Å²) in [5.74, 6) is -0.281. The van der Waals surface area contributed by atoms with Crippen molar-refractivity contribution in [3.8, 4) is 0 Å². The second-order valence-corrected chi connectivity index (χ2v) is 5.40. The van der Waals surface area contributed by atoms with Gasteiger partial charge < -0.3 is 15.0 Å². The summed E-state index contributed by atoms with van der Waals surface area (Å²) >= 11 is 0. The number of hydrogen-bond acceptors (Lipinski definition) is 3. The van der Waals surface area contributed by atoms with Crippen LogP contribution in [0.5, 0.6) is 0 Å². The lowest BCUT2D eigenvalue weighted by Crippen LogP contribution is -2.48. The molecule has 0 atom stereocenters. The third-order valence-corrected chi connectivity index (χ3v) is 3.60. The summed E-state index contributed by atoms with van der Waals surface area (Å²) in [7, 11) is 1.37. The van der Waals surface area contributed by atoms with Crippen molar-refractivity contribution in [1.82, 2.24) is 10.2 Å². The zero-order chi connectivity index (χ0) is 14.3. The van der Waals surface area contributed by atoms with Gasteiger partial charge in [0.25, 0.3) is 0 Å². The zero-order valence-corrected chi connectivity index (χ0v) is 12.3. The van der Waals surface area contributed by atoms with Gasteiger partial charge in [0, 0.05) is 18.6 Å². The van der Waals surface area contributed by atoms with Crippen LogP contribution >= 0.6 is 0 Å². The Morgan fingerprint density at radius 1 is 1.26 bits per heavy atom. The monoisotopic (exact) mass is 270 g/mol. The Labute approximate surface area is 115 Å². The number of rotatable bonds is 5. The molecular formula is C14H26N2O3. The second kappa shape index (κ2) is 8.02. The normalized spacial score (nSPS) is 16.2. The van der Waals surface area contributed by atoms with E-state index in [-0.39, 0.29) is 24.5 Å². The van der Waals surface area contributed by atoms with Gasteiger partial charge in [0.05, 0.1) is 13.5 Å². The molecule has 0 aliphatic heterocycles. The third kappa shape index (κ3) is 5.49. The van der Waals surface area contributed by atoms with E-state index in [1.165, 1.54) is 26.4 Å². The van der Waals surface area contributed by atoms with E-state index in [0.29, 0.717) is 12.6 Å². The molecule has 5 nitrogen and oxygen atoms in total. The molecule has 1 saturated carbocycles. The first-order chi connectivity index (χ1) is 9.04. The Hall–Kier alpha value is -1.26. The molecule has 1 aliphatic rings. The van der Waals surface area contributed by atoms with Crippen LogP contribution in [0.4, 0.5) is 4.79 Å². The maximum absolute atomic E-state index is 12.2. The Kier molecular flexibility index (Phi) is 6.67. The van der Waals surface area contributed by atoms with Gasteiger partial charge in [-0.1, -0.05) is 19.3 Å². The van der Waals surface area contributed by atoms with Crippen molar-refractivity contribution >= 4 is 12.0 Å². The van der Waals surface area contributed by atoms with E-state index in [0.717, 1.165) is 12.8 Å². The van der Waals surface area contributed by atoms with Crippen molar-refractivity contribution < 1.29 is 14.3 Å². The third-order valence-electron chi connectivity index (χ3n) is 3.60. The van der Waals surface area contributed by atoms with Gasteiger partial charge in [0.15, 0.2) is 0 Å². The smallest absolute Gasteiger partial charge is 0.317 e. The highest BCUT2D eigenvalue weighted by atomic mass is 16.5. The summed E-state index contributed by atoms with van der Waals surface area (Å²) in [5.41, 5.74) is 0. The van der Waals surface area contributed by atoms with Crippen LogP contribution in [0.25, 0.3) is 0 Å². The minimum atomic E-state index is -0.281. The molecule has 1 fully saturated rings. The maximum Gasteiger partial charge on any atom is 0.317 e. The van der Waals surface area contributed by atoms with Crippen LogP contribution in [0.15, 0.2) is 0 Å². The number of urea groups is 1. The van der Waals surface area contributed by atoms with Crippen molar-refractivity contribution in [1.29, 1.82) is 0 Å². The quantitative estimate of drug-likeness (QED) is 0.780. The molecule has 0 spiro atoms.